The van der Waals surface area contributed by atoms with Crippen LogP contribution in [0.3, 0.4) is 0 Å². The maximum Gasteiger partial charge on any atom is 0.199 e. The summed E-state index contributed by atoms with van der Waals surface area (Å²) >= 11 is 0. The van der Waals surface area contributed by atoms with Gasteiger partial charge in [0.25, 0.3) is 0 Å². The van der Waals surface area contributed by atoms with Crippen molar-refractivity contribution in [2.24, 2.45) is 0 Å². The van der Waals surface area contributed by atoms with E-state index in [2.05, 4.69) is 0 Å². The van der Waals surface area contributed by atoms with Crippen LogP contribution in [0.15, 0.2) is 29.3 Å². The molecule has 126 valence electrons. The van der Waals surface area contributed by atoms with E-state index in [0.717, 1.165) is 30.5 Å². The highest BCUT2D eigenvalue weighted by Gasteiger charge is 2.24. The fourth-order valence-electron chi connectivity index (χ4n) is 3.47. The van der Waals surface area contributed by atoms with Crippen LogP contribution in [0.4, 0.5) is 4.39 Å². The fourth-order valence-corrected chi connectivity index (χ4v) is 3.47. The minimum Gasteiger partial charge on any atom is -0.471 e. The Bertz CT molecular complexity index is 881. The summed E-state index contributed by atoms with van der Waals surface area (Å²) in [6.07, 6.45) is 4.70. The van der Waals surface area contributed by atoms with Crippen molar-refractivity contribution in [3.63, 3.8) is 0 Å². The zero-order chi connectivity index (χ0) is 16.7. The van der Waals surface area contributed by atoms with Crippen molar-refractivity contribution in [2.45, 2.75) is 38.6 Å². The summed E-state index contributed by atoms with van der Waals surface area (Å²) in [6, 6.07) is 4.02. The van der Waals surface area contributed by atoms with Gasteiger partial charge in [-0.1, -0.05) is 0 Å². The summed E-state index contributed by atoms with van der Waals surface area (Å²) in [4.78, 5) is 12.2. The first-order chi connectivity index (χ1) is 11.7. The van der Waals surface area contributed by atoms with Gasteiger partial charge in [-0.05, 0) is 30.5 Å². The van der Waals surface area contributed by atoms with E-state index in [9.17, 15) is 14.3 Å². The average Bonchev–Trinajstić information content (AvgIpc) is 2.95. The van der Waals surface area contributed by atoms with Crippen LogP contribution >= 0.6 is 0 Å². The third-order valence-electron chi connectivity index (χ3n) is 4.54. The van der Waals surface area contributed by atoms with E-state index in [4.69, 9.17) is 9.47 Å². The van der Waals surface area contributed by atoms with Crippen LogP contribution in [0.1, 0.15) is 30.5 Å². The molecular formula is C18H18FNO4. The standard InChI is InChI=1S/C18H18FNO4/c19-12-5-11-6-14(10-24-17-3-1-2-4-23-17)20-13(9-21)8-16(22)15(7-12)18(11)20/h5,7-8,10,17,21H,1-4,6,9H2. The molecule has 1 N–H and O–H groups in total. The Labute approximate surface area is 137 Å². The average molecular weight is 331 g/mol. The molecule has 3 heterocycles. The zero-order valence-electron chi connectivity index (χ0n) is 13.1. The van der Waals surface area contributed by atoms with E-state index in [-0.39, 0.29) is 18.3 Å². The second kappa shape index (κ2) is 6.03. The van der Waals surface area contributed by atoms with Gasteiger partial charge in [-0.15, -0.1) is 0 Å². The Morgan fingerprint density at radius 2 is 2.25 bits per heavy atom. The molecule has 0 aliphatic carbocycles. The van der Waals surface area contributed by atoms with Crippen LogP contribution in [-0.2, 0) is 22.5 Å². The van der Waals surface area contributed by atoms with Crippen molar-refractivity contribution in [3.8, 4) is 0 Å². The number of rotatable bonds is 3. The predicted molar refractivity (Wildman–Crippen MR) is 86.7 cm³/mol. The first-order valence-corrected chi connectivity index (χ1v) is 8.12. The first-order valence-electron chi connectivity index (χ1n) is 8.12. The Morgan fingerprint density at radius 3 is 3.00 bits per heavy atom. The van der Waals surface area contributed by atoms with Crippen LogP contribution in [0, 0.1) is 5.82 Å². The molecule has 5 nitrogen and oxygen atoms in total. The fraction of sp³-hybridized carbons (Fsp3) is 0.389. The largest absolute Gasteiger partial charge is 0.471 e. The normalized spacial score (nSPS) is 21.6. The summed E-state index contributed by atoms with van der Waals surface area (Å²) in [5.74, 6) is -0.435. The summed E-state index contributed by atoms with van der Waals surface area (Å²) in [5, 5.41) is 9.94. The van der Waals surface area contributed by atoms with Crippen LogP contribution in [0.2, 0.25) is 0 Å². The van der Waals surface area contributed by atoms with Crippen LogP contribution in [0.25, 0.3) is 16.6 Å². The second-order valence-corrected chi connectivity index (χ2v) is 6.17. The first kappa shape index (κ1) is 15.4. The van der Waals surface area contributed by atoms with Gasteiger partial charge in [-0.2, -0.15) is 0 Å². The minimum atomic E-state index is -0.435. The lowest BCUT2D eigenvalue weighted by atomic mass is 10.1. The van der Waals surface area contributed by atoms with Gasteiger partial charge in [-0.3, -0.25) is 4.79 Å². The lowest BCUT2D eigenvalue weighted by Gasteiger charge is -2.22. The van der Waals surface area contributed by atoms with Gasteiger partial charge in [0.2, 0.25) is 0 Å². The van der Waals surface area contributed by atoms with Gasteiger partial charge in [-0.25, -0.2) is 4.39 Å². The lowest BCUT2D eigenvalue weighted by Crippen LogP contribution is -2.20. The number of benzene rings is 1. The number of ether oxygens (including phenoxy) is 2. The maximum absolute atomic E-state index is 13.8. The van der Waals surface area contributed by atoms with Gasteiger partial charge in [0, 0.05) is 24.3 Å². The van der Waals surface area contributed by atoms with Crippen LogP contribution in [-0.4, -0.2) is 22.6 Å². The van der Waals surface area contributed by atoms with Crippen molar-refractivity contribution >= 4 is 16.6 Å². The maximum atomic E-state index is 13.8. The van der Waals surface area contributed by atoms with E-state index in [1.54, 1.807) is 10.8 Å². The molecule has 1 aromatic heterocycles. The van der Waals surface area contributed by atoms with Gasteiger partial charge in [0.05, 0.1) is 30.1 Å². The number of allylic oxidation sites excluding steroid dienone is 1. The number of aliphatic hydroxyl groups is 1. The van der Waals surface area contributed by atoms with Crippen LogP contribution in [0.5, 0.6) is 0 Å². The number of pyridine rings is 1. The molecule has 2 aliphatic rings. The molecule has 2 aliphatic heterocycles. The van der Waals surface area contributed by atoms with Crippen molar-refractivity contribution in [1.82, 2.24) is 4.57 Å². The van der Waals surface area contributed by atoms with Crippen LogP contribution < -0.4 is 5.43 Å². The number of aromatic nitrogens is 1. The van der Waals surface area contributed by atoms with Crippen molar-refractivity contribution in [2.75, 3.05) is 6.61 Å². The second-order valence-electron chi connectivity index (χ2n) is 6.17. The van der Waals surface area contributed by atoms with Crippen molar-refractivity contribution in [1.29, 1.82) is 0 Å². The van der Waals surface area contributed by atoms with E-state index in [1.807, 2.05) is 0 Å². The molecule has 0 saturated carbocycles. The molecular weight excluding hydrogens is 313 g/mol. The molecule has 6 heteroatoms. The Morgan fingerprint density at radius 1 is 1.38 bits per heavy atom. The monoisotopic (exact) mass is 331 g/mol. The molecule has 2 aromatic rings. The van der Waals surface area contributed by atoms with Gasteiger partial charge in [0.1, 0.15) is 12.1 Å². The Balaban J connectivity index is 1.80. The highest BCUT2D eigenvalue weighted by Crippen LogP contribution is 2.33. The molecule has 0 amide bonds. The molecule has 24 heavy (non-hydrogen) atoms. The molecule has 4 rings (SSSR count). The topological polar surface area (TPSA) is 60.7 Å². The molecule has 1 fully saturated rings. The molecule has 0 bridgehead atoms. The molecule has 1 atom stereocenters. The van der Waals surface area contributed by atoms with E-state index in [0.29, 0.717) is 29.6 Å². The molecule has 0 spiro atoms. The van der Waals surface area contributed by atoms with Gasteiger partial charge < -0.3 is 19.1 Å². The predicted octanol–water partition coefficient (Wildman–Crippen LogP) is 2.53. The number of aliphatic hydroxyl groups excluding tert-OH is 1. The Kier molecular flexibility index (Phi) is 3.86. The molecule has 1 saturated heterocycles. The smallest absolute Gasteiger partial charge is 0.199 e. The Hall–Kier alpha value is -2.18. The molecule has 0 radical (unpaired) electrons. The lowest BCUT2D eigenvalue weighted by molar-refractivity contribution is -0.129. The summed E-state index contributed by atoms with van der Waals surface area (Å²) in [6.45, 7) is 0.405. The number of hydrogen-bond donors (Lipinski definition) is 1. The van der Waals surface area contributed by atoms with Crippen molar-refractivity contribution < 1.29 is 19.0 Å². The number of hydrogen-bond acceptors (Lipinski definition) is 4. The third kappa shape index (κ3) is 2.52. The van der Waals surface area contributed by atoms with E-state index < -0.39 is 5.82 Å². The summed E-state index contributed by atoms with van der Waals surface area (Å²) in [5.41, 5.74) is 2.31. The van der Waals surface area contributed by atoms with E-state index in [1.165, 1.54) is 18.2 Å². The number of halogens is 1. The minimum absolute atomic E-state index is 0.279. The quantitative estimate of drug-likeness (QED) is 0.878. The van der Waals surface area contributed by atoms with E-state index >= 15 is 0 Å². The SMILES string of the molecule is O=c1cc(CO)n2c3c(cc(F)cc13)CC2=COC1CCCCO1. The summed E-state index contributed by atoms with van der Waals surface area (Å²) in [7, 11) is 0. The molecule has 1 aromatic carbocycles. The molecule has 1 unspecified atom stereocenters. The van der Waals surface area contributed by atoms with Gasteiger partial charge in [0.15, 0.2) is 11.7 Å². The summed E-state index contributed by atoms with van der Waals surface area (Å²) < 4.78 is 26.9. The van der Waals surface area contributed by atoms with Crippen molar-refractivity contribution in [3.05, 3.63) is 51.8 Å². The highest BCUT2D eigenvalue weighted by atomic mass is 19.1. The van der Waals surface area contributed by atoms with Gasteiger partial charge >= 0.3 is 0 Å². The zero-order valence-corrected chi connectivity index (χ0v) is 13.1. The third-order valence-corrected chi connectivity index (χ3v) is 4.54. The highest BCUT2D eigenvalue weighted by molar-refractivity contribution is 5.90. The number of nitrogens with zero attached hydrogens (tertiary/aromatic N) is 1.